The Morgan fingerprint density at radius 3 is 2.26 bits per heavy atom. The summed E-state index contributed by atoms with van der Waals surface area (Å²) in [6.07, 6.45) is 2.05. The third-order valence-corrected chi connectivity index (χ3v) is 3.16. The van der Waals surface area contributed by atoms with Crippen molar-refractivity contribution in [1.82, 2.24) is 9.80 Å². The molecule has 0 spiro atoms. The smallest absolute Gasteiger partial charge is 0.244 e. The highest BCUT2D eigenvalue weighted by atomic mass is 19.1. The zero-order valence-corrected chi connectivity index (χ0v) is 12.2. The van der Waals surface area contributed by atoms with E-state index < -0.39 is 0 Å². The third kappa shape index (κ3) is 4.31. The molecule has 3 nitrogen and oxygen atoms in total. The number of rotatable bonds is 6. The Balaban J connectivity index is 2.88. The molecule has 0 aliphatic heterocycles. The minimum atomic E-state index is -0.359. The average Bonchev–Trinajstić information content (AvgIpc) is 2.38. The summed E-state index contributed by atoms with van der Waals surface area (Å²) < 4.78 is 13.0. The van der Waals surface area contributed by atoms with Crippen LogP contribution >= 0.6 is 0 Å². The molecule has 0 bridgehead atoms. The second-order valence-electron chi connectivity index (χ2n) is 5.03. The van der Waals surface area contributed by atoms with Crippen LogP contribution in [-0.4, -0.2) is 43.4 Å². The summed E-state index contributed by atoms with van der Waals surface area (Å²) in [4.78, 5) is 16.1. The summed E-state index contributed by atoms with van der Waals surface area (Å²) in [5.41, 5.74) is 0.819. The van der Waals surface area contributed by atoms with Crippen molar-refractivity contribution in [3.8, 4) is 0 Å². The van der Waals surface area contributed by atoms with Gasteiger partial charge in [0.25, 0.3) is 0 Å². The molecule has 106 valence electrons. The summed E-state index contributed by atoms with van der Waals surface area (Å²) in [6, 6.07) is 5.77. The Morgan fingerprint density at radius 1 is 1.21 bits per heavy atom. The number of likely N-dealkylation sites (N-methyl/N-ethyl adjacent to an activating group) is 2. The van der Waals surface area contributed by atoms with Gasteiger partial charge in [-0.25, -0.2) is 4.39 Å². The van der Waals surface area contributed by atoms with Crippen LogP contribution < -0.4 is 0 Å². The van der Waals surface area contributed by atoms with E-state index in [0.717, 1.165) is 24.9 Å². The van der Waals surface area contributed by atoms with Crippen molar-refractivity contribution < 1.29 is 9.18 Å². The van der Waals surface area contributed by atoms with Crippen molar-refractivity contribution in [1.29, 1.82) is 0 Å². The second kappa shape index (κ2) is 7.24. The van der Waals surface area contributed by atoms with Gasteiger partial charge >= 0.3 is 0 Å². The van der Waals surface area contributed by atoms with E-state index in [9.17, 15) is 9.18 Å². The first-order valence-corrected chi connectivity index (χ1v) is 6.64. The molecule has 1 rings (SSSR count). The highest BCUT2D eigenvalue weighted by Gasteiger charge is 2.25. The second-order valence-corrected chi connectivity index (χ2v) is 5.03. The summed E-state index contributed by atoms with van der Waals surface area (Å²) in [5, 5.41) is 0. The summed E-state index contributed by atoms with van der Waals surface area (Å²) >= 11 is 0. The number of carbonyl (C=O) groups excluding carboxylic acids is 1. The van der Waals surface area contributed by atoms with E-state index in [0.29, 0.717) is 0 Å². The van der Waals surface area contributed by atoms with Gasteiger partial charge in [0.15, 0.2) is 0 Å². The number of hydrogen-bond acceptors (Lipinski definition) is 2. The van der Waals surface area contributed by atoms with Crippen molar-refractivity contribution in [2.24, 2.45) is 0 Å². The fourth-order valence-corrected chi connectivity index (χ4v) is 2.02. The first-order valence-electron chi connectivity index (χ1n) is 6.64. The quantitative estimate of drug-likeness (QED) is 0.790. The lowest BCUT2D eigenvalue weighted by Gasteiger charge is -2.28. The molecule has 0 radical (unpaired) electrons. The molecule has 1 atom stereocenters. The molecule has 0 fully saturated rings. The van der Waals surface area contributed by atoms with E-state index in [1.807, 2.05) is 26.0 Å². The van der Waals surface area contributed by atoms with Crippen LogP contribution in [0.5, 0.6) is 0 Å². The molecule has 1 amide bonds. The van der Waals surface area contributed by atoms with E-state index in [2.05, 4.69) is 6.92 Å². The standard InChI is InChI=1S/C15H23FN2O/c1-5-6-11-18(4)15(19)14(17(2)3)12-7-9-13(16)10-8-12/h7-10,14H,5-6,11H2,1-4H3/t14-/m1/s1. The fraction of sp³-hybridized carbons (Fsp3) is 0.533. The molecule has 0 aromatic heterocycles. The van der Waals surface area contributed by atoms with Gasteiger partial charge in [-0.1, -0.05) is 25.5 Å². The predicted molar refractivity (Wildman–Crippen MR) is 75.4 cm³/mol. The normalized spacial score (nSPS) is 12.5. The Kier molecular flexibility index (Phi) is 5.96. The van der Waals surface area contributed by atoms with Crippen molar-refractivity contribution in [3.05, 3.63) is 35.6 Å². The molecule has 19 heavy (non-hydrogen) atoms. The highest BCUT2D eigenvalue weighted by Crippen LogP contribution is 2.21. The molecule has 0 heterocycles. The molecule has 0 saturated heterocycles. The summed E-state index contributed by atoms with van der Waals surface area (Å²) in [5.74, 6) is -0.238. The summed E-state index contributed by atoms with van der Waals surface area (Å²) in [7, 11) is 5.54. The number of hydrogen-bond donors (Lipinski definition) is 0. The molecule has 0 aliphatic rings. The van der Waals surface area contributed by atoms with Crippen LogP contribution in [0.2, 0.25) is 0 Å². The number of nitrogens with zero attached hydrogens (tertiary/aromatic N) is 2. The largest absolute Gasteiger partial charge is 0.344 e. The number of unbranched alkanes of at least 4 members (excludes halogenated alkanes) is 1. The number of benzene rings is 1. The maximum Gasteiger partial charge on any atom is 0.244 e. The molecule has 1 aromatic carbocycles. The van der Waals surface area contributed by atoms with Crippen molar-refractivity contribution in [3.63, 3.8) is 0 Å². The molecular formula is C15H23FN2O. The average molecular weight is 266 g/mol. The van der Waals surface area contributed by atoms with Crippen LogP contribution in [0.1, 0.15) is 31.4 Å². The van der Waals surface area contributed by atoms with Crippen LogP contribution in [0.3, 0.4) is 0 Å². The molecule has 1 aromatic rings. The van der Waals surface area contributed by atoms with Crippen LogP contribution in [-0.2, 0) is 4.79 Å². The van der Waals surface area contributed by atoms with Gasteiger partial charge in [0, 0.05) is 13.6 Å². The van der Waals surface area contributed by atoms with Crippen LogP contribution in [0.25, 0.3) is 0 Å². The monoisotopic (exact) mass is 266 g/mol. The molecular weight excluding hydrogens is 243 g/mol. The van der Waals surface area contributed by atoms with Gasteiger partial charge in [-0.05, 0) is 38.2 Å². The fourth-order valence-electron chi connectivity index (χ4n) is 2.02. The maximum atomic E-state index is 13.0. The van der Waals surface area contributed by atoms with E-state index in [1.54, 1.807) is 17.0 Å². The minimum absolute atomic E-state index is 0.0464. The zero-order chi connectivity index (χ0) is 14.4. The SMILES string of the molecule is CCCCN(C)C(=O)[C@@H](c1ccc(F)cc1)N(C)C. The lowest BCUT2D eigenvalue weighted by Crippen LogP contribution is -2.38. The van der Waals surface area contributed by atoms with Crippen molar-refractivity contribution >= 4 is 5.91 Å². The van der Waals surface area contributed by atoms with Crippen LogP contribution in [0, 0.1) is 5.82 Å². The molecule has 0 saturated carbocycles. The third-order valence-electron chi connectivity index (χ3n) is 3.16. The highest BCUT2D eigenvalue weighted by molar-refractivity contribution is 5.83. The van der Waals surface area contributed by atoms with Crippen molar-refractivity contribution in [2.45, 2.75) is 25.8 Å². The Labute approximate surface area is 115 Å². The first-order chi connectivity index (χ1) is 8.97. The Bertz CT molecular complexity index is 403. The van der Waals surface area contributed by atoms with Gasteiger partial charge in [-0.15, -0.1) is 0 Å². The van der Waals surface area contributed by atoms with Crippen LogP contribution in [0.4, 0.5) is 4.39 Å². The Morgan fingerprint density at radius 2 is 1.79 bits per heavy atom. The van der Waals surface area contributed by atoms with Gasteiger partial charge in [-0.3, -0.25) is 9.69 Å². The number of carbonyl (C=O) groups is 1. The number of halogens is 1. The van der Waals surface area contributed by atoms with Gasteiger partial charge in [0.1, 0.15) is 11.9 Å². The number of amides is 1. The van der Waals surface area contributed by atoms with Gasteiger partial charge in [-0.2, -0.15) is 0 Å². The van der Waals surface area contributed by atoms with E-state index >= 15 is 0 Å². The minimum Gasteiger partial charge on any atom is -0.344 e. The predicted octanol–water partition coefficient (Wildman–Crippen LogP) is 2.69. The van der Waals surface area contributed by atoms with E-state index in [1.165, 1.54) is 12.1 Å². The van der Waals surface area contributed by atoms with E-state index in [4.69, 9.17) is 0 Å². The molecule has 0 N–H and O–H groups in total. The summed E-state index contributed by atoms with van der Waals surface area (Å²) in [6.45, 7) is 2.85. The van der Waals surface area contributed by atoms with Gasteiger partial charge in [0.05, 0.1) is 0 Å². The zero-order valence-electron chi connectivity index (χ0n) is 12.2. The van der Waals surface area contributed by atoms with Crippen LogP contribution in [0.15, 0.2) is 24.3 Å². The van der Waals surface area contributed by atoms with Crippen molar-refractivity contribution in [2.75, 3.05) is 27.7 Å². The van der Waals surface area contributed by atoms with Gasteiger partial charge < -0.3 is 4.90 Å². The van der Waals surface area contributed by atoms with Gasteiger partial charge in [0.2, 0.25) is 5.91 Å². The lowest BCUT2D eigenvalue weighted by atomic mass is 10.0. The molecule has 4 heteroatoms. The maximum absolute atomic E-state index is 13.0. The molecule has 0 unspecified atom stereocenters. The molecule has 0 aliphatic carbocycles. The van der Waals surface area contributed by atoms with E-state index in [-0.39, 0.29) is 17.8 Å². The first kappa shape index (κ1) is 15.6. The Hall–Kier alpha value is -1.42. The lowest BCUT2D eigenvalue weighted by molar-refractivity contribution is -0.135. The topological polar surface area (TPSA) is 23.6 Å².